The molecule has 1 aliphatic heterocycles. The Balaban J connectivity index is 2.25. The standard InChI is InChI=1S/C10H18N2O4/c13-6-3-11-7-9(14)12-4-1-8(2-5-12)10(15)16/h8,11,13H,1-7H2,(H,15,16). The summed E-state index contributed by atoms with van der Waals surface area (Å²) < 4.78 is 0. The summed E-state index contributed by atoms with van der Waals surface area (Å²) in [6.45, 7) is 1.64. The first-order valence-electron chi connectivity index (χ1n) is 5.47. The molecule has 0 aromatic rings. The number of nitrogens with zero attached hydrogens (tertiary/aromatic N) is 1. The number of nitrogens with one attached hydrogen (secondary N) is 1. The normalized spacial score (nSPS) is 17.4. The lowest BCUT2D eigenvalue weighted by Crippen LogP contribution is -2.44. The van der Waals surface area contributed by atoms with Gasteiger partial charge in [-0.05, 0) is 12.8 Å². The van der Waals surface area contributed by atoms with Crippen LogP contribution in [0.2, 0.25) is 0 Å². The first-order chi connectivity index (χ1) is 7.65. The van der Waals surface area contributed by atoms with Crippen molar-refractivity contribution in [1.29, 1.82) is 0 Å². The van der Waals surface area contributed by atoms with E-state index in [0.717, 1.165) is 0 Å². The highest BCUT2D eigenvalue weighted by molar-refractivity contribution is 5.78. The van der Waals surface area contributed by atoms with Gasteiger partial charge in [0.05, 0.1) is 19.1 Å². The van der Waals surface area contributed by atoms with Crippen LogP contribution in [0.5, 0.6) is 0 Å². The van der Waals surface area contributed by atoms with Gasteiger partial charge in [-0.25, -0.2) is 0 Å². The summed E-state index contributed by atoms with van der Waals surface area (Å²) in [4.78, 5) is 24.0. The maximum Gasteiger partial charge on any atom is 0.306 e. The molecule has 1 fully saturated rings. The van der Waals surface area contributed by atoms with Crippen molar-refractivity contribution in [2.24, 2.45) is 5.92 Å². The summed E-state index contributed by atoms with van der Waals surface area (Å²) in [5.41, 5.74) is 0. The minimum absolute atomic E-state index is 0.00830. The fraction of sp³-hybridized carbons (Fsp3) is 0.800. The Morgan fingerprint density at radius 1 is 1.31 bits per heavy atom. The predicted octanol–water partition coefficient (Wildman–Crippen LogP) is -1.11. The van der Waals surface area contributed by atoms with E-state index in [2.05, 4.69) is 5.32 Å². The molecule has 1 saturated heterocycles. The molecule has 0 bridgehead atoms. The topological polar surface area (TPSA) is 89.9 Å². The lowest BCUT2D eigenvalue weighted by molar-refractivity contribution is -0.145. The molecule has 1 rings (SSSR count). The number of aliphatic hydroxyl groups excluding tert-OH is 1. The van der Waals surface area contributed by atoms with Crippen LogP contribution >= 0.6 is 0 Å². The molecule has 16 heavy (non-hydrogen) atoms. The molecular weight excluding hydrogens is 212 g/mol. The number of aliphatic carboxylic acids is 1. The molecule has 0 spiro atoms. The zero-order chi connectivity index (χ0) is 12.0. The van der Waals surface area contributed by atoms with Gasteiger partial charge in [0.15, 0.2) is 0 Å². The van der Waals surface area contributed by atoms with Gasteiger partial charge in [-0.3, -0.25) is 9.59 Å². The number of hydrogen-bond acceptors (Lipinski definition) is 4. The summed E-state index contributed by atoms with van der Waals surface area (Å²) in [7, 11) is 0. The van der Waals surface area contributed by atoms with E-state index < -0.39 is 5.97 Å². The quantitative estimate of drug-likeness (QED) is 0.521. The van der Waals surface area contributed by atoms with Gasteiger partial charge in [-0.15, -0.1) is 0 Å². The van der Waals surface area contributed by atoms with Crippen LogP contribution in [0.1, 0.15) is 12.8 Å². The SMILES string of the molecule is O=C(O)C1CCN(C(=O)CNCCO)CC1. The van der Waals surface area contributed by atoms with Gasteiger partial charge in [0, 0.05) is 19.6 Å². The maximum atomic E-state index is 11.6. The molecule has 1 amide bonds. The van der Waals surface area contributed by atoms with E-state index in [1.807, 2.05) is 0 Å². The molecule has 0 radical (unpaired) electrons. The molecule has 1 heterocycles. The van der Waals surface area contributed by atoms with Gasteiger partial charge < -0.3 is 20.4 Å². The Labute approximate surface area is 94.2 Å². The molecule has 0 aromatic heterocycles. The molecule has 0 aliphatic carbocycles. The third kappa shape index (κ3) is 3.79. The monoisotopic (exact) mass is 230 g/mol. The molecule has 0 aromatic carbocycles. The number of hydrogen-bond donors (Lipinski definition) is 3. The van der Waals surface area contributed by atoms with Crippen LogP contribution in [0, 0.1) is 5.92 Å². The van der Waals surface area contributed by atoms with Crippen LogP contribution < -0.4 is 5.32 Å². The summed E-state index contributed by atoms with van der Waals surface area (Å²) in [6, 6.07) is 0. The first-order valence-corrected chi connectivity index (χ1v) is 5.47. The fourth-order valence-electron chi connectivity index (χ4n) is 1.76. The van der Waals surface area contributed by atoms with Gasteiger partial charge in [-0.1, -0.05) is 0 Å². The van der Waals surface area contributed by atoms with Crippen molar-refractivity contribution in [2.45, 2.75) is 12.8 Å². The van der Waals surface area contributed by atoms with Gasteiger partial charge in [-0.2, -0.15) is 0 Å². The molecule has 6 nitrogen and oxygen atoms in total. The zero-order valence-electron chi connectivity index (χ0n) is 9.19. The zero-order valence-corrected chi connectivity index (χ0v) is 9.19. The van der Waals surface area contributed by atoms with Crippen LogP contribution in [0.4, 0.5) is 0 Å². The van der Waals surface area contributed by atoms with Crippen LogP contribution in [0.25, 0.3) is 0 Å². The number of carbonyl (C=O) groups excluding carboxylic acids is 1. The average Bonchev–Trinajstić information content (AvgIpc) is 2.29. The number of carboxylic acid groups (broad SMARTS) is 1. The van der Waals surface area contributed by atoms with Crippen molar-refractivity contribution in [2.75, 3.05) is 32.8 Å². The number of rotatable bonds is 5. The van der Waals surface area contributed by atoms with E-state index in [4.69, 9.17) is 10.2 Å². The first kappa shape index (κ1) is 12.9. The Morgan fingerprint density at radius 3 is 2.44 bits per heavy atom. The molecule has 92 valence electrons. The largest absolute Gasteiger partial charge is 0.481 e. The van der Waals surface area contributed by atoms with Crippen LogP contribution in [-0.2, 0) is 9.59 Å². The predicted molar refractivity (Wildman–Crippen MR) is 56.9 cm³/mol. The highest BCUT2D eigenvalue weighted by atomic mass is 16.4. The van der Waals surface area contributed by atoms with E-state index >= 15 is 0 Å². The number of piperidine rings is 1. The minimum Gasteiger partial charge on any atom is -0.481 e. The van der Waals surface area contributed by atoms with Crippen molar-refractivity contribution in [3.05, 3.63) is 0 Å². The maximum absolute atomic E-state index is 11.6. The van der Waals surface area contributed by atoms with Gasteiger partial charge >= 0.3 is 5.97 Å². The van der Waals surface area contributed by atoms with Gasteiger partial charge in [0.2, 0.25) is 5.91 Å². The van der Waals surface area contributed by atoms with Gasteiger partial charge in [0.1, 0.15) is 0 Å². The molecule has 0 atom stereocenters. The van der Waals surface area contributed by atoms with E-state index in [-0.39, 0.29) is 25.0 Å². The summed E-state index contributed by atoms with van der Waals surface area (Å²) in [6.07, 6.45) is 1.06. The smallest absolute Gasteiger partial charge is 0.306 e. The Kier molecular flexibility index (Phi) is 5.21. The van der Waals surface area contributed by atoms with Crippen LogP contribution in [0.15, 0.2) is 0 Å². The van der Waals surface area contributed by atoms with E-state index in [0.29, 0.717) is 32.5 Å². The minimum atomic E-state index is -0.773. The average molecular weight is 230 g/mol. The number of carbonyl (C=O) groups is 2. The van der Waals surface area contributed by atoms with Crippen molar-refractivity contribution >= 4 is 11.9 Å². The third-order valence-electron chi connectivity index (χ3n) is 2.76. The molecular formula is C10H18N2O4. The number of carboxylic acids is 1. The Hall–Kier alpha value is -1.14. The van der Waals surface area contributed by atoms with E-state index in [9.17, 15) is 9.59 Å². The van der Waals surface area contributed by atoms with Crippen LogP contribution in [-0.4, -0.2) is 59.8 Å². The number of aliphatic hydroxyl groups is 1. The second kappa shape index (κ2) is 6.44. The van der Waals surface area contributed by atoms with E-state index in [1.54, 1.807) is 4.90 Å². The highest BCUT2D eigenvalue weighted by Gasteiger charge is 2.26. The summed E-state index contributed by atoms with van der Waals surface area (Å²) in [5.74, 6) is -1.11. The molecule has 0 unspecified atom stereocenters. The second-order valence-corrected chi connectivity index (χ2v) is 3.89. The fourth-order valence-corrected chi connectivity index (χ4v) is 1.76. The molecule has 0 saturated carbocycles. The number of amides is 1. The van der Waals surface area contributed by atoms with E-state index in [1.165, 1.54) is 0 Å². The lowest BCUT2D eigenvalue weighted by Gasteiger charge is -2.30. The second-order valence-electron chi connectivity index (χ2n) is 3.89. The van der Waals surface area contributed by atoms with Gasteiger partial charge in [0.25, 0.3) is 0 Å². The highest BCUT2D eigenvalue weighted by Crippen LogP contribution is 2.16. The lowest BCUT2D eigenvalue weighted by atomic mass is 9.97. The van der Waals surface area contributed by atoms with Crippen LogP contribution in [0.3, 0.4) is 0 Å². The third-order valence-corrected chi connectivity index (χ3v) is 2.76. The number of likely N-dealkylation sites (tertiary alicyclic amines) is 1. The Morgan fingerprint density at radius 2 is 1.94 bits per heavy atom. The molecule has 1 aliphatic rings. The van der Waals surface area contributed by atoms with Crippen molar-refractivity contribution in [3.63, 3.8) is 0 Å². The van der Waals surface area contributed by atoms with Crippen molar-refractivity contribution in [3.8, 4) is 0 Å². The Bertz CT molecular complexity index is 249. The van der Waals surface area contributed by atoms with Crippen molar-refractivity contribution < 1.29 is 19.8 Å². The molecule has 3 N–H and O–H groups in total. The summed E-state index contributed by atoms with van der Waals surface area (Å²) in [5, 5.41) is 20.1. The van der Waals surface area contributed by atoms with Crippen molar-refractivity contribution in [1.82, 2.24) is 10.2 Å². The molecule has 6 heteroatoms. The summed E-state index contributed by atoms with van der Waals surface area (Å²) >= 11 is 0.